The molecule has 1 aromatic heterocycles. The number of nitrogens with one attached hydrogen (secondary N) is 2. The first kappa shape index (κ1) is 23.5. The Hall–Kier alpha value is -1.82. The second-order valence-electron chi connectivity index (χ2n) is 6.65. The van der Waals surface area contributed by atoms with E-state index in [9.17, 15) is 8.78 Å². The van der Waals surface area contributed by atoms with Crippen LogP contribution in [0.1, 0.15) is 30.6 Å². The lowest BCUT2D eigenvalue weighted by Gasteiger charge is -2.25. The average Bonchev–Trinajstić information content (AvgIpc) is 3.06. The number of hydrogen-bond donors (Lipinski definition) is 2. The first-order valence-corrected chi connectivity index (χ1v) is 9.50. The zero-order chi connectivity index (χ0) is 19.9. The van der Waals surface area contributed by atoms with Crippen LogP contribution in [-0.2, 0) is 30.7 Å². The highest BCUT2D eigenvalue weighted by Crippen LogP contribution is 2.14. The predicted octanol–water partition coefficient (Wildman–Crippen LogP) is 2.43. The molecule has 2 heterocycles. The second kappa shape index (κ2) is 11.4. The minimum atomic E-state index is -0.536. The van der Waals surface area contributed by atoms with Crippen LogP contribution in [0, 0.1) is 11.6 Å². The van der Waals surface area contributed by atoms with E-state index in [4.69, 9.17) is 4.74 Å². The molecule has 7 nitrogen and oxygen atoms in total. The van der Waals surface area contributed by atoms with Gasteiger partial charge in [-0.2, -0.15) is 5.10 Å². The van der Waals surface area contributed by atoms with Crippen LogP contribution in [0.3, 0.4) is 0 Å². The zero-order valence-electron chi connectivity index (χ0n) is 16.6. The fraction of sp³-hybridized carbons (Fsp3) is 0.526. The molecule has 0 aliphatic carbocycles. The fourth-order valence-corrected chi connectivity index (χ4v) is 3.23. The molecule has 1 aromatic carbocycles. The number of aliphatic imine (C=N–C) groups is 1. The number of nitrogens with zero attached hydrogens (tertiary/aromatic N) is 4. The highest BCUT2D eigenvalue weighted by Gasteiger charge is 2.22. The largest absolute Gasteiger partial charge is 0.377 e. The Morgan fingerprint density at radius 1 is 1.34 bits per heavy atom. The van der Waals surface area contributed by atoms with E-state index in [1.807, 2.05) is 11.6 Å². The van der Waals surface area contributed by atoms with Crippen molar-refractivity contribution < 1.29 is 13.5 Å². The molecule has 0 bridgehead atoms. The molecule has 10 heteroatoms. The summed E-state index contributed by atoms with van der Waals surface area (Å²) in [5, 5.41) is 11.0. The summed E-state index contributed by atoms with van der Waals surface area (Å²) in [5.41, 5.74) is 0.0673. The number of halogens is 3. The molecule has 0 fully saturated rings. The molecule has 29 heavy (non-hydrogen) atoms. The SMILES string of the molecule is CCNC(=NCCc1c(F)cccc1F)NC1CCc2nc(COC)nn2C1.I. The van der Waals surface area contributed by atoms with Crippen LogP contribution in [-0.4, -0.2) is 47.0 Å². The van der Waals surface area contributed by atoms with Gasteiger partial charge in [0.2, 0.25) is 0 Å². The number of fused-ring (bicyclic) bond motifs is 1. The molecule has 0 saturated heterocycles. The van der Waals surface area contributed by atoms with Gasteiger partial charge in [-0.25, -0.2) is 18.4 Å². The Morgan fingerprint density at radius 3 is 2.79 bits per heavy atom. The van der Waals surface area contributed by atoms with Crippen LogP contribution >= 0.6 is 24.0 Å². The molecule has 160 valence electrons. The van der Waals surface area contributed by atoms with Crippen molar-refractivity contribution in [3.8, 4) is 0 Å². The Bertz CT molecular complexity index is 809. The third-order valence-corrected chi connectivity index (χ3v) is 4.55. The number of hydrogen-bond acceptors (Lipinski definition) is 4. The van der Waals surface area contributed by atoms with Gasteiger partial charge in [0.1, 0.15) is 24.1 Å². The first-order valence-electron chi connectivity index (χ1n) is 9.50. The van der Waals surface area contributed by atoms with Gasteiger partial charge in [0, 0.05) is 38.2 Å². The number of benzene rings is 1. The maximum Gasteiger partial charge on any atom is 0.191 e. The van der Waals surface area contributed by atoms with Crippen LogP contribution < -0.4 is 10.6 Å². The maximum absolute atomic E-state index is 13.7. The van der Waals surface area contributed by atoms with E-state index in [1.165, 1.54) is 18.2 Å². The lowest BCUT2D eigenvalue weighted by molar-refractivity contribution is 0.177. The van der Waals surface area contributed by atoms with Gasteiger partial charge in [-0.1, -0.05) is 6.07 Å². The van der Waals surface area contributed by atoms with E-state index in [-0.39, 0.29) is 48.5 Å². The van der Waals surface area contributed by atoms with Crippen molar-refractivity contribution in [2.75, 3.05) is 20.2 Å². The summed E-state index contributed by atoms with van der Waals surface area (Å²) in [5.74, 6) is 1.20. The van der Waals surface area contributed by atoms with E-state index in [0.29, 0.717) is 31.5 Å². The molecule has 1 atom stereocenters. The summed E-state index contributed by atoms with van der Waals surface area (Å²) in [6.45, 7) is 4.03. The lowest BCUT2D eigenvalue weighted by atomic mass is 10.1. The highest BCUT2D eigenvalue weighted by molar-refractivity contribution is 14.0. The minimum absolute atomic E-state index is 0. The van der Waals surface area contributed by atoms with Crippen LogP contribution in [0.15, 0.2) is 23.2 Å². The number of ether oxygens (including phenoxy) is 1. The van der Waals surface area contributed by atoms with Crippen LogP contribution in [0.4, 0.5) is 8.78 Å². The number of aromatic nitrogens is 3. The summed E-state index contributed by atoms with van der Waals surface area (Å²) in [4.78, 5) is 8.94. The summed E-state index contributed by atoms with van der Waals surface area (Å²) < 4.78 is 34.5. The van der Waals surface area contributed by atoms with E-state index in [2.05, 4.69) is 25.7 Å². The van der Waals surface area contributed by atoms with Crippen molar-refractivity contribution in [1.82, 2.24) is 25.4 Å². The molecule has 0 saturated carbocycles. The normalized spacial score (nSPS) is 16.1. The van der Waals surface area contributed by atoms with E-state index >= 15 is 0 Å². The van der Waals surface area contributed by atoms with Crippen molar-refractivity contribution in [2.45, 2.75) is 45.4 Å². The standard InChI is InChI=1S/C19H26F2N6O.HI/c1-3-22-19(23-10-9-14-15(20)5-4-6-16(14)21)24-13-7-8-18-25-17(12-28-2)26-27(18)11-13;/h4-6,13H,3,7-12H2,1-2H3,(H2,22,23,24);1H. The van der Waals surface area contributed by atoms with Crippen molar-refractivity contribution in [1.29, 1.82) is 0 Å². The summed E-state index contributed by atoms with van der Waals surface area (Å²) in [6, 6.07) is 4.04. The zero-order valence-corrected chi connectivity index (χ0v) is 19.0. The van der Waals surface area contributed by atoms with E-state index in [0.717, 1.165) is 18.7 Å². The third-order valence-electron chi connectivity index (χ3n) is 4.55. The van der Waals surface area contributed by atoms with Gasteiger partial charge in [0.05, 0.1) is 6.54 Å². The predicted molar refractivity (Wildman–Crippen MR) is 117 cm³/mol. The van der Waals surface area contributed by atoms with Gasteiger partial charge in [0.25, 0.3) is 0 Å². The number of aryl methyl sites for hydroxylation is 1. The van der Waals surface area contributed by atoms with Gasteiger partial charge in [-0.3, -0.25) is 4.99 Å². The molecule has 1 aliphatic rings. The van der Waals surface area contributed by atoms with Crippen LogP contribution in [0.2, 0.25) is 0 Å². The van der Waals surface area contributed by atoms with Crippen molar-refractivity contribution in [3.05, 3.63) is 47.0 Å². The molecule has 2 aromatic rings. The van der Waals surface area contributed by atoms with Crippen LogP contribution in [0.25, 0.3) is 0 Å². The molecule has 0 radical (unpaired) electrons. The Balaban J connectivity index is 0.00000300. The van der Waals surface area contributed by atoms with Gasteiger partial charge in [0.15, 0.2) is 11.8 Å². The average molecular weight is 520 g/mol. The molecule has 0 spiro atoms. The fourth-order valence-electron chi connectivity index (χ4n) is 3.23. The van der Waals surface area contributed by atoms with Gasteiger partial charge in [-0.05, 0) is 31.9 Å². The molecule has 1 unspecified atom stereocenters. The molecular weight excluding hydrogens is 493 g/mol. The summed E-state index contributed by atoms with van der Waals surface area (Å²) >= 11 is 0. The summed E-state index contributed by atoms with van der Waals surface area (Å²) in [6.07, 6.45) is 1.92. The van der Waals surface area contributed by atoms with Crippen molar-refractivity contribution in [2.24, 2.45) is 4.99 Å². The van der Waals surface area contributed by atoms with Crippen LogP contribution in [0.5, 0.6) is 0 Å². The first-order chi connectivity index (χ1) is 13.6. The topological polar surface area (TPSA) is 76.4 Å². The smallest absolute Gasteiger partial charge is 0.191 e. The number of methoxy groups -OCH3 is 1. The molecule has 1 aliphatic heterocycles. The Morgan fingerprint density at radius 2 is 2.10 bits per heavy atom. The lowest BCUT2D eigenvalue weighted by Crippen LogP contribution is -2.47. The minimum Gasteiger partial charge on any atom is -0.377 e. The van der Waals surface area contributed by atoms with Gasteiger partial charge >= 0.3 is 0 Å². The van der Waals surface area contributed by atoms with E-state index < -0.39 is 11.6 Å². The summed E-state index contributed by atoms with van der Waals surface area (Å²) in [7, 11) is 1.62. The van der Waals surface area contributed by atoms with Crippen molar-refractivity contribution in [3.63, 3.8) is 0 Å². The van der Waals surface area contributed by atoms with Gasteiger partial charge in [-0.15, -0.1) is 24.0 Å². The molecular formula is C19H27F2IN6O. The Labute approximate surface area is 186 Å². The third kappa shape index (κ3) is 6.33. The monoisotopic (exact) mass is 520 g/mol. The van der Waals surface area contributed by atoms with Crippen molar-refractivity contribution >= 4 is 29.9 Å². The quantitative estimate of drug-likeness (QED) is 0.334. The second-order valence-corrected chi connectivity index (χ2v) is 6.65. The van der Waals surface area contributed by atoms with Gasteiger partial charge < -0.3 is 15.4 Å². The van der Waals surface area contributed by atoms with E-state index in [1.54, 1.807) is 7.11 Å². The number of guanidine groups is 1. The molecule has 0 amide bonds. The highest BCUT2D eigenvalue weighted by atomic mass is 127. The Kier molecular flexibility index (Phi) is 9.21. The molecule has 2 N–H and O–H groups in total. The molecule has 3 rings (SSSR count). The number of rotatable bonds is 7. The maximum atomic E-state index is 13.7.